The van der Waals surface area contributed by atoms with Crippen LogP contribution in [0.2, 0.25) is 0 Å². The largest absolute Gasteiger partial charge is 0.381 e. The predicted molar refractivity (Wildman–Crippen MR) is 71.1 cm³/mol. The number of nitrogens with one attached hydrogen (secondary N) is 1. The maximum Gasteiger partial charge on any atom is 0.245 e. The molecule has 7 nitrogen and oxygen atoms in total. The van der Waals surface area contributed by atoms with Gasteiger partial charge in [-0.2, -0.15) is 5.10 Å². The number of nitrogens with two attached hydrogens (primary N) is 1. The number of hydrogen-bond acceptors (Lipinski definition) is 5. The topological polar surface area (TPSA) is 107 Å². The van der Waals surface area contributed by atoms with Crippen molar-refractivity contribution in [3.8, 4) is 0 Å². The molecule has 0 aliphatic heterocycles. The van der Waals surface area contributed by atoms with E-state index in [-0.39, 0.29) is 23.0 Å². The van der Waals surface area contributed by atoms with Crippen molar-refractivity contribution in [2.45, 2.75) is 24.8 Å². The van der Waals surface area contributed by atoms with Gasteiger partial charge < -0.3 is 5.73 Å². The molecular weight excluding hydrogens is 276 g/mol. The van der Waals surface area contributed by atoms with Crippen LogP contribution in [0.25, 0.3) is 0 Å². The molecule has 0 aromatic carbocycles. The fourth-order valence-corrected chi connectivity index (χ4v) is 2.99. The van der Waals surface area contributed by atoms with E-state index in [1.165, 1.54) is 17.1 Å². The predicted octanol–water partition coefficient (Wildman–Crippen LogP) is -0.468. The minimum absolute atomic E-state index is 0.0198. The van der Waals surface area contributed by atoms with E-state index in [4.69, 9.17) is 5.73 Å². The summed E-state index contributed by atoms with van der Waals surface area (Å²) in [5.41, 5.74) is 5.58. The summed E-state index contributed by atoms with van der Waals surface area (Å²) in [7, 11) is -4.72. The summed E-state index contributed by atoms with van der Waals surface area (Å²) in [6.07, 6.45) is 3.76. The molecule has 0 aliphatic carbocycles. The highest BCUT2D eigenvalue weighted by atomic mass is 32.2. The summed E-state index contributed by atoms with van der Waals surface area (Å²) in [5, 5.41) is 3.93. The molecule has 18 heavy (non-hydrogen) atoms. The molecule has 0 spiro atoms. The summed E-state index contributed by atoms with van der Waals surface area (Å²) < 4.78 is 38.5. The van der Waals surface area contributed by atoms with Crippen molar-refractivity contribution >= 4 is 26.6 Å². The first-order chi connectivity index (χ1) is 8.36. The maximum atomic E-state index is 11.9. The van der Waals surface area contributed by atoms with Crippen LogP contribution in [-0.2, 0) is 27.4 Å². The Hall–Kier alpha value is -0.930. The van der Waals surface area contributed by atoms with Crippen molar-refractivity contribution in [1.82, 2.24) is 14.5 Å². The zero-order valence-corrected chi connectivity index (χ0v) is 12.1. The molecule has 104 valence electrons. The van der Waals surface area contributed by atoms with E-state index < -0.39 is 20.8 Å². The maximum absolute atomic E-state index is 11.9. The molecule has 0 saturated carbocycles. The Morgan fingerprint density at radius 2 is 2.22 bits per heavy atom. The lowest BCUT2D eigenvalue weighted by Gasteiger charge is -2.03. The van der Waals surface area contributed by atoms with Gasteiger partial charge in [0.25, 0.3) is 0 Å². The second-order valence-corrected chi connectivity index (χ2v) is 7.11. The van der Waals surface area contributed by atoms with Crippen LogP contribution >= 0.6 is 0 Å². The van der Waals surface area contributed by atoms with Crippen LogP contribution in [0, 0.1) is 0 Å². The van der Waals surface area contributed by atoms with Gasteiger partial charge in [-0.05, 0) is 6.42 Å². The minimum Gasteiger partial charge on any atom is -0.381 e. The normalized spacial score (nSPS) is 13.7. The minimum atomic E-state index is -3.68. The SMILES string of the molecule is CCCn1cc(S(=O)(=O)NCCS(C)=O)c(N)n1. The lowest BCUT2D eigenvalue weighted by Crippen LogP contribution is -2.28. The first kappa shape index (κ1) is 15.1. The Morgan fingerprint density at radius 1 is 1.56 bits per heavy atom. The highest BCUT2D eigenvalue weighted by Gasteiger charge is 2.20. The second-order valence-electron chi connectivity index (χ2n) is 3.82. The highest BCUT2D eigenvalue weighted by Crippen LogP contribution is 2.15. The first-order valence-corrected chi connectivity index (χ1v) is 8.70. The van der Waals surface area contributed by atoms with E-state index in [0.717, 1.165) is 6.42 Å². The highest BCUT2D eigenvalue weighted by molar-refractivity contribution is 7.89. The molecule has 9 heteroatoms. The third kappa shape index (κ3) is 4.07. The average molecular weight is 294 g/mol. The Balaban J connectivity index is 2.81. The van der Waals surface area contributed by atoms with Crippen LogP contribution in [0.1, 0.15) is 13.3 Å². The van der Waals surface area contributed by atoms with Crippen molar-refractivity contribution in [2.75, 3.05) is 24.3 Å². The van der Waals surface area contributed by atoms with Crippen LogP contribution in [0.15, 0.2) is 11.1 Å². The summed E-state index contributed by atoms with van der Waals surface area (Å²) in [5.74, 6) is 0.246. The zero-order chi connectivity index (χ0) is 13.8. The number of nitrogen functional groups attached to an aromatic ring is 1. The van der Waals surface area contributed by atoms with Crippen molar-refractivity contribution in [2.24, 2.45) is 0 Å². The summed E-state index contributed by atoms with van der Waals surface area (Å²) in [6.45, 7) is 2.68. The van der Waals surface area contributed by atoms with Gasteiger partial charge in [-0.15, -0.1) is 0 Å². The van der Waals surface area contributed by atoms with Gasteiger partial charge in [0, 0.05) is 42.1 Å². The third-order valence-electron chi connectivity index (χ3n) is 2.18. The quantitative estimate of drug-likeness (QED) is 0.707. The molecule has 1 unspecified atom stereocenters. The average Bonchev–Trinajstić information content (AvgIpc) is 2.60. The van der Waals surface area contributed by atoms with Crippen molar-refractivity contribution < 1.29 is 12.6 Å². The van der Waals surface area contributed by atoms with Gasteiger partial charge in [0.2, 0.25) is 10.0 Å². The molecule has 1 rings (SSSR count). The van der Waals surface area contributed by atoms with Crippen molar-refractivity contribution in [1.29, 1.82) is 0 Å². The monoisotopic (exact) mass is 294 g/mol. The van der Waals surface area contributed by atoms with E-state index >= 15 is 0 Å². The molecular formula is C9H18N4O3S2. The molecule has 1 heterocycles. The standard InChI is InChI=1S/C9H18N4O3S2/c1-3-5-13-7-8(9(10)12-13)18(15,16)11-4-6-17(2)14/h7,11H,3-6H2,1-2H3,(H2,10,12). The molecule has 0 bridgehead atoms. The molecule has 0 aliphatic rings. The van der Waals surface area contributed by atoms with Crippen molar-refractivity contribution in [3.63, 3.8) is 0 Å². The Morgan fingerprint density at radius 3 is 2.78 bits per heavy atom. The molecule has 1 aromatic rings. The van der Waals surface area contributed by atoms with E-state index in [1.54, 1.807) is 0 Å². The van der Waals surface area contributed by atoms with Gasteiger partial charge in [0.15, 0.2) is 5.82 Å². The van der Waals surface area contributed by atoms with Crippen LogP contribution < -0.4 is 10.5 Å². The molecule has 0 fully saturated rings. The number of anilines is 1. The molecule has 0 saturated heterocycles. The van der Waals surface area contributed by atoms with Crippen LogP contribution in [0.5, 0.6) is 0 Å². The van der Waals surface area contributed by atoms with Gasteiger partial charge in [-0.3, -0.25) is 8.89 Å². The Kier molecular flexibility index (Phi) is 5.29. The van der Waals surface area contributed by atoms with Crippen LogP contribution in [0.4, 0.5) is 5.82 Å². The van der Waals surface area contributed by atoms with Gasteiger partial charge in [-0.1, -0.05) is 6.92 Å². The third-order valence-corrected chi connectivity index (χ3v) is 4.44. The lowest BCUT2D eigenvalue weighted by molar-refractivity contribution is 0.581. The lowest BCUT2D eigenvalue weighted by atomic mass is 10.5. The number of nitrogens with zero attached hydrogens (tertiary/aromatic N) is 2. The zero-order valence-electron chi connectivity index (χ0n) is 10.4. The molecule has 1 aromatic heterocycles. The van der Waals surface area contributed by atoms with Crippen LogP contribution in [0.3, 0.4) is 0 Å². The van der Waals surface area contributed by atoms with Gasteiger partial charge >= 0.3 is 0 Å². The van der Waals surface area contributed by atoms with E-state index in [2.05, 4.69) is 9.82 Å². The molecule has 0 radical (unpaired) electrons. The second kappa shape index (κ2) is 6.30. The molecule has 1 atom stereocenters. The smallest absolute Gasteiger partial charge is 0.245 e. The van der Waals surface area contributed by atoms with E-state index in [1.807, 2.05) is 6.92 Å². The number of hydrogen-bond donors (Lipinski definition) is 2. The Bertz CT molecular complexity index is 524. The Labute approximate surface area is 109 Å². The fraction of sp³-hybridized carbons (Fsp3) is 0.667. The fourth-order valence-electron chi connectivity index (χ4n) is 1.37. The van der Waals surface area contributed by atoms with E-state index in [0.29, 0.717) is 6.54 Å². The summed E-state index contributed by atoms with van der Waals surface area (Å²) in [6, 6.07) is 0. The molecule has 0 amide bonds. The van der Waals surface area contributed by atoms with Gasteiger partial charge in [0.05, 0.1) is 0 Å². The van der Waals surface area contributed by atoms with E-state index in [9.17, 15) is 12.6 Å². The van der Waals surface area contributed by atoms with Gasteiger partial charge in [-0.25, -0.2) is 13.1 Å². The van der Waals surface area contributed by atoms with Gasteiger partial charge in [0.1, 0.15) is 4.90 Å². The number of rotatable bonds is 7. The summed E-state index contributed by atoms with van der Waals surface area (Å²) >= 11 is 0. The molecule has 3 N–H and O–H groups in total. The number of aryl methyl sites for hydroxylation is 1. The summed E-state index contributed by atoms with van der Waals surface area (Å²) in [4.78, 5) is -0.0298. The number of sulfonamides is 1. The number of aromatic nitrogens is 2. The van der Waals surface area contributed by atoms with Crippen LogP contribution in [-0.4, -0.2) is 41.0 Å². The van der Waals surface area contributed by atoms with Crippen molar-refractivity contribution in [3.05, 3.63) is 6.20 Å². The first-order valence-electron chi connectivity index (χ1n) is 5.49.